The molecule has 0 aliphatic carbocycles. The molecule has 1 aromatic rings. The van der Waals surface area contributed by atoms with E-state index in [4.69, 9.17) is 10.5 Å². The zero-order valence-electron chi connectivity index (χ0n) is 13.3. The third-order valence-electron chi connectivity index (χ3n) is 4.23. The van der Waals surface area contributed by atoms with Gasteiger partial charge in [-0.3, -0.25) is 4.79 Å². The van der Waals surface area contributed by atoms with Gasteiger partial charge in [-0.2, -0.15) is 0 Å². The monoisotopic (exact) mass is 290 g/mol. The summed E-state index contributed by atoms with van der Waals surface area (Å²) < 4.78 is 5.81. The van der Waals surface area contributed by atoms with Crippen LogP contribution in [0, 0.1) is 20.8 Å². The van der Waals surface area contributed by atoms with Crippen LogP contribution in [0.2, 0.25) is 0 Å². The van der Waals surface area contributed by atoms with Crippen molar-refractivity contribution in [3.8, 4) is 5.75 Å². The highest BCUT2D eigenvalue weighted by atomic mass is 16.5. The molecule has 1 amide bonds. The Labute approximate surface area is 127 Å². The van der Waals surface area contributed by atoms with Gasteiger partial charge in [-0.1, -0.05) is 6.07 Å². The van der Waals surface area contributed by atoms with Crippen LogP contribution in [-0.4, -0.2) is 36.5 Å². The average Bonchev–Trinajstić information content (AvgIpc) is 2.44. The number of nitrogens with two attached hydrogens (primary N) is 1. The third-order valence-corrected chi connectivity index (χ3v) is 4.23. The Kier molecular flexibility index (Phi) is 5.23. The second kappa shape index (κ2) is 6.94. The van der Waals surface area contributed by atoms with Crippen molar-refractivity contribution < 1.29 is 9.53 Å². The van der Waals surface area contributed by atoms with Crippen LogP contribution in [0.15, 0.2) is 12.1 Å². The number of hydrogen-bond acceptors (Lipinski definition) is 3. The standard InChI is InChI=1S/C17H26N2O2/c1-12-10-13(2)14(3)16(11-12)21-9-6-17(20)19-7-4-15(18)5-8-19/h10-11,15H,4-9,18H2,1-3H3. The van der Waals surface area contributed by atoms with Crippen LogP contribution < -0.4 is 10.5 Å². The van der Waals surface area contributed by atoms with Gasteiger partial charge < -0.3 is 15.4 Å². The first kappa shape index (κ1) is 15.8. The zero-order chi connectivity index (χ0) is 15.4. The van der Waals surface area contributed by atoms with Crippen molar-refractivity contribution in [1.29, 1.82) is 0 Å². The molecule has 0 atom stereocenters. The molecule has 0 saturated carbocycles. The number of ether oxygens (including phenoxy) is 1. The highest BCUT2D eigenvalue weighted by molar-refractivity contribution is 5.76. The van der Waals surface area contributed by atoms with Gasteiger partial charge in [-0.15, -0.1) is 0 Å². The van der Waals surface area contributed by atoms with Gasteiger partial charge in [-0.05, 0) is 56.4 Å². The van der Waals surface area contributed by atoms with Crippen LogP contribution in [0.5, 0.6) is 5.75 Å². The van der Waals surface area contributed by atoms with Gasteiger partial charge in [0.25, 0.3) is 0 Å². The fraction of sp³-hybridized carbons (Fsp3) is 0.588. The van der Waals surface area contributed by atoms with Crippen LogP contribution in [0.1, 0.15) is 36.0 Å². The van der Waals surface area contributed by atoms with Gasteiger partial charge in [0.1, 0.15) is 5.75 Å². The molecular formula is C17H26N2O2. The van der Waals surface area contributed by atoms with Gasteiger partial charge >= 0.3 is 0 Å². The van der Waals surface area contributed by atoms with Crippen LogP contribution in [0.3, 0.4) is 0 Å². The molecule has 0 spiro atoms. The summed E-state index contributed by atoms with van der Waals surface area (Å²) >= 11 is 0. The second-order valence-corrected chi connectivity index (χ2v) is 6.02. The number of benzene rings is 1. The summed E-state index contributed by atoms with van der Waals surface area (Å²) in [5.74, 6) is 1.06. The van der Waals surface area contributed by atoms with E-state index in [-0.39, 0.29) is 11.9 Å². The minimum atomic E-state index is 0.170. The van der Waals surface area contributed by atoms with Crippen molar-refractivity contribution in [2.75, 3.05) is 19.7 Å². The SMILES string of the molecule is Cc1cc(C)c(C)c(OCCC(=O)N2CCC(N)CC2)c1. The lowest BCUT2D eigenvalue weighted by Gasteiger charge is -2.30. The van der Waals surface area contributed by atoms with Crippen molar-refractivity contribution in [2.45, 2.75) is 46.1 Å². The molecule has 21 heavy (non-hydrogen) atoms. The summed E-state index contributed by atoms with van der Waals surface area (Å²) in [7, 11) is 0. The maximum absolute atomic E-state index is 12.1. The van der Waals surface area contributed by atoms with Gasteiger partial charge in [0, 0.05) is 19.1 Å². The Bertz CT molecular complexity index is 506. The van der Waals surface area contributed by atoms with Crippen LogP contribution in [0.4, 0.5) is 0 Å². The summed E-state index contributed by atoms with van der Waals surface area (Å²) in [5.41, 5.74) is 9.41. The normalized spacial score (nSPS) is 16.1. The smallest absolute Gasteiger partial charge is 0.225 e. The van der Waals surface area contributed by atoms with Crippen molar-refractivity contribution in [1.82, 2.24) is 4.90 Å². The molecule has 0 radical (unpaired) electrons. The lowest BCUT2D eigenvalue weighted by molar-refractivity contribution is -0.132. The number of aryl methyl sites for hydroxylation is 2. The number of hydrogen-bond donors (Lipinski definition) is 1. The minimum absolute atomic E-state index is 0.170. The van der Waals surface area contributed by atoms with Crippen LogP contribution in [0.25, 0.3) is 0 Å². The van der Waals surface area contributed by atoms with Crippen LogP contribution >= 0.6 is 0 Å². The lowest BCUT2D eigenvalue weighted by Crippen LogP contribution is -2.43. The number of carbonyl (C=O) groups excluding carboxylic acids is 1. The van der Waals surface area contributed by atoms with Gasteiger partial charge in [0.2, 0.25) is 5.91 Å². The van der Waals surface area contributed by atoms with E-state index in [0.29, 0.717) is 13.0 Å². The van der Waals surface area contributed by atoms with E-state index in [2.05, 4.69) is 26.8 Å². The van der Waals surface area contributed by atoms with E-state index in [1.807, 2.05) is 11.0 Å². The lowest BCUT2D eigenvalue weighted by atomic mass is 10.1. The molecule has 2 N–H and O–H groups in total. The highest BCUT2D eigenvalue weighted by Gasteiger charge is 2.20. The molecule has 1 heterocycles. The maximum atomic E-state index is 12.1. The molecule has 4 nitrogen and oxygen atoms in total. The van der Waals surface area contributed by atoms with E-state index in [9.17, 15) is 4.79 Å². The van der Waals surface area contributed by atoms with E-state index in [0.717, 1.165) is 37.2 Å². The molecule has 1 fully saturated rings. The third kappa shape index (κ3) is 4.21. The van der Waals surface area contributed by atoms with Crippen molar-refractivity contribution >= 4 is 5.91 Å². The van der Waals surface area contributed by atoms with E-state index in [1.165, 1.54) is 11.1 Å². The topological polar surface area (TPSA) is 55.6 Å². The van der Waals surface area contributed by atoms with Gasteiger partial charge in [0.05, 0.1) is 13.0 Å². The molecule has 1 aliphatic rings. The molecule has 1 saturated heterocycles. The summed E-state index contributed by atoms with van der Waals surface area (Å²) in [4.78, 5) is 14.0. The quantitative estimate of drug-likeness (QED) is 0.926. The molecule has 2 rings (SSSR count). The van der Waals surface area contributed by atoms with Gasteiger partial charge in [-0.25, -0.2) is 0 Å². The van der Waals surface area contributed by atoms with Gasteiger partial charge in [0.15, 0.2) is 0 Å². The van der Waals surface area contributed by atoms with E-state index >= 15 is 0 Å². The fourth-order valence-corrected chi connectivity index (χ4v) is 2.71. The predicted octanol–water partition coefficient (Wildman–Crippen LogP) is 2.33. The highest BCUT2D eigenvalue weighted by Crippen LogP contribution is 2.23. The maximum Gasteiger partial charge on any atom is 0.225 e. The zero-order valence-corrected chi connectivity index (χ0v) is 13.3. The molecule has 1 aliphatic heterocycles. The first-order chi connectivity index (χ1) is 9.97. The molecule has 0 aromatic heterocycles. The number of nitrogens with zero attached hydrogens (tertiary/aromatic N) is 1. The minimum Gasteiger partial charge on any atom is -0.493 e. The molecule has 4 heteroatoms. The van der Waals surface area contributed by atoms with Crippen LogP contribution in [-0.2, 0) is 4.79 Å². The Hall–Kier alpha value is -1.55. The Balaban J connectivity index is 1.83. The van der Waals surface area contributed by atoms with Crippen molar-refractivity contribution in [3.05, 3.63) is 28.8 Å². The molecule has 0 bridgehead atoms. The summed E-state index contributed by atoms with van der Waals surface area (Å²) in [6.07, 6.45) is 2.24. The Morgan fingerprint density at radius 1 is 1.29 bits per heavy atom. The molecule has 1 aromatic carbocycles. The first-order valence-electron chi connectivity index (χ1n) is 7.71. The number of carbonyl (C=O) groups is 1. The van der Waals surface area contributed by atoms with Crippen molar-refractivity contribution in [2.24, 2.45) is 5.73 Å². The molecular weight excluding hydrogens is 264 g/mol. The first-order valence-corrected chi connectivity index (χ1v) is 7.71. The number of rotatable bonds is 4. The predicted molar refractivity (Wildman–Crippen MR) is 84.6 cm³/mol. The summed E-state index contributed by atoms with van der Waals surface area (Å²) in [6, 6.07) is 4.43. The number of amides is 1. The second-order valence-electron chi connectivity index (χ2n) is 6.02. The fourth-order valence-electron chi connectivity index (χ4n) is 2.71. The Morgan fingerprint density at radius 3 is 2.62 bits per heavy atom. The van der Waals surface area contributed by atoms with Crippen molar-refractivity contribution in [3.63, 3.8) is 0 Å². The van der Waals surface area contributed by atoms with E-state index in [1.54, 1.807) is 0 Å². The molecule has 0 unspecified atom stereocenters. The van der Waals surface area contributed by atoms with E-state index < -0.39 is 0 Å². The largest absolute Gasteiger partial charge is 0.493 e. The summed E-state index contributed by atoms with van der Waals surface area (Å²) in [6.45, 7) is 8.19. The molecule has 116 valence electrons. The summed E-state index contributed by atoms with van der Waals surface area (Å²) in [5, 5.41) is 0. The Morgan fingerprint density at radius 2 is 1.95 bits per heavy atom. The average molecular weight is 290 g/mol. The number of piperidine rings is 1. The number of likely N-dealkylation sites (tertiary alicyclic amines) is 1.